The van der Waals surface area contributed by atoms with Gasteiger partial charge in [0.05, 0.1) is 12.2 Å². The molecular formula is C16H25NO. The number of benzene rings is 1. The molecule has 1 saturated heterocycles. The van der Waals surface area contributed by atoms with E-state index in [4.69, 9.17) is 4.74 Å². The molecule has 0 radical (unpaired) electrons. The van der Waals surface area contributed by atoms with Gasteiger partial charge in [-0.1, -0.05) is 30.3 Å². The molecule has 0 bridgehead atoms. The van der Waals surface area contributed by atoms with Crippen molar-refractivity contribution in [3.05, 3.63) is 35.9 Å². The van der Waals surface area contributed by atoms with Crippen molar-refractivity contribution < 1.29 is 4.74 Å². The Kier molecular flexibility index (Phi) is 4.79. The summed E-state index contributed by atoms with van der Waals surface area (Å²) < 4.78 is 6.18. The fraction of sp³-hybridized carbons (Fsp3) is 0.625. The third-order valence-electron chi connectivity index (χ3n) is 3.87. The average Bonchev–Trinajstić information content (AvgIpc) is 2.40. The van der Waals surface area contributed by atoms with Gasteiger partial charge in [-0.25, -0.2) is 0 Å². The lowest BCUT2D eigenvalue weighted by Crippen LogP contribution is -2.41. The highest BCUT2D eigenvalue weighted by molar-refractivity contribution is 5.16. The number of hydrogen-bond acceptors (Lipinski definition) is 2. The highest BCUT2D eigenvalue weighted by atomic mass is 16.5. The molecule has 1 aliphatic heterocycles. The quantitative estimate of drug-likeness (QED) is 0.805. The predicted molar refractivity (Wildman–Crippen MR) is 75.7 cm³/mol. The van der Waals surface area contributed by atoms with Gasteiger partial charge in [-0.15, -0.1) is 0 Å². The molecule has 1 atom stereocenters. The van der Waals surface area contributed by atoms with E-state index in [-0.39, 0.29) is 6.10 Å². The van der Waals surface area contributed by atoms with Gasteiger partial charge in [-0.3, -0.25) is 0 Å². The molecule has 2 rings (SSSR count). The summed E-state index contributed by atoms with van der Waals surface area (Å²) in [6, 6.07) is 11.2. The molecule has 100 valence electrons. The molecule has 1 heterocycles. The largest absolute Gasteiger partial charge is 0.370 e. The molecule has 2 heteroatoms. The van der Waals surface area contributed by atoms with Crippen LogP contribution in [0.2, 0.25) is 0 Å². The fourth-order valence-corrected chi connectivity index (χ4v) is 2.62. The number of hydrogen-bond donors (Lipinski definition) is 0. The van der Waals surface area contributed by atoms with Crippen molar-refractivity contribution in [3.63, 3.8) is 0 Å². The fourth-order valence-electron chi connectivity index (χ4n) is 2.62. The highest BCUT2D eigenvalue weighted by Gasteiger charge is 2.22. The maximum Gasteiger partial charge on any atom is 0.0800 e. The maximum absolute atomic E-state index is 6.18. The Bertz CT molecular complexity index is 341. The van der Waals surface area contributed by atoms with Gasteiger partial charge in [0.2, 0.25) is 0 Å². The second-order valence-electron chi connectivity index (χ2n) is 5.52. The summed E-state index contributed by atoms with van der Waals surface area (Å²) in [6.07, 6.45) is 2.96. The summed E-state index contributed by atoms with van der Waals surface area (Å²) in [5.74, 6) is 0. The summed E-state index contributed by atoms with van der Waals surface area (Å²) in [5, 5.41) is 0. The van der Waals surface area contributed by atoms with Crippen LogP contribution in [0.5, 0.6) is 0 Å². The second kappa shape index (κ2) is 6.35. The summed E-state index contributed by atoms with van der Waals surface area (Å²) in [4.78, 5) is 2.53. The van der Waals surface area contributed by atoms with E-state index in [1.807, 2.05) is 0 Å². The monoisotopic (exact) mass is 247 g/mol. The second-order valence-corrected chi connectivity index (χ2v) is 5.52. The van der Waals surface area contributed by atoms with E-state index in [9.17, 15) is 0 Å². The van der Waals surface area contributed by atoms with E-state index < -0.39 is 0 Å². The van der Waals surface area contributed by atoms with Gasteiger partial charge >= 0.3 is 0 Å². The minimum atomic E-state index is 0.210. The molecule has 1 aromatic rings. The summed E-state index contributed by atoms with van der Waals surface area (Å²) >= 11 is 0. The molecule has 0 aromatic heterocycles. The van der Waals surface area contributed by atoms with E-state index in [2.05, 4.69) is 56.0 Å². The first kappa shape index (κ1) is 13.6. The van der Waals surface area contributed by atoms with Gasteiger partial charge in [0, 0.05) is 19.1 Å². The minimum absolute atomic E-state index is 0.210. The van der Waals surface area contributed by atoms with Crippen molar-refractivity contribution in [2.24, 2.45) is 0 Å². The first-order valence-corrected chi connectivity index (χ1v) is 7.11. The Morgan fingerprint density at radius 2 is 1.67 bits per heavy atom. The molecule has 0 N–H and O–H groups in total. The van der Waals surface area contributed by atoms with Gasteiger partial charge in [0.1, 0.15) is 0 Å². The molecule has 1 aliphatic rings. The van der Waals surface area contributed by atoms with Crippen LogP contribution in [0.1, 0.15) is 45.3 Å². The Hall–Kier alpha value is -0.860. The lowest BCUT2D eigenvalue weighted by molar-refractivity contribution is -0.0398. The van der Waals surface area contributed by atoms with E-state index in [0.29, 0.717) is 12.1 Å². The number of piperidine rings is 1. The van der Waals surface area contributed by atoms with Crippen molar-refractivity contribution in [2.75, 3.05) is 13.1 Å². The Balaban J connectivity index is 1.81. The third-order valence-corrected chi connectivity index (χ3v) is 3.87. The molecule has 18 heavy (non-hydrogen) atoms. The topological polar surface area (TPSA) is 12.5 Å². The first-order valence-electron chi connectivity index (χ1n) is 7.11. The number of nitrogens with zero attached hydrogens (tertiary/aromatic N) is 1. The Labute approximate surface area is 111 Å². The number of likely N-dealkylation sites (tertiary alicyclic amines) is 1. The average molecular weight is 247 g/mol. The van der Waals surface area contributed by atoms with Gasteiger partial charge in [0.15, 0.2) is 0 Å². The standard InChI is InChI=1S/C16H25NO/c1-13(2)17-11-9-16(10-12-17)18-14(3)15-7-5-4-6-8-15/h4-8,13-14,16H,9-12H2,1-3H3. The predicted octanol–water partition coefficient (Wildman–Crippen LogP) is 3.64. The zero-order chi connectivity index (χ0) is 13.0. The van der Waals surface area contributed by atoms with Crippen LogP contribution in [-0.4, -0.2) is 30.1 Å². The van der Waals surface area contributed by atoms with Crippen molar-refractivity contribution >= 4 is 0 Å². The van der Waals surface area contributed by atoms with Crippen LogP contribution in [0.3, 0.4) is 0 Å². The van der Waals surface area contributed by atoms with Crippen LogP contribution in [0, 0.1) is 0 Å². The number of ether oxygens (including phenoxy) is 1. The van der Waals surface area contributed by atoms with Crippen molar-refractivity contribution in [3.8, 4) is 0 Å². The lowest BCUT2D eigenvalue weighted by Gasteiger charge is -2.35. The molecule has 1 aromatic carbocycles. The SMILES string of the molecule is CC(OC1CCN(C(C)C)CC1)c1ccccc1. The normalized spacial score (nSPS) is 20.2. The highest BCUT2D eigenvalue weighted by Crippen LogP contribution is 2.23. The van der Waals surface area contributed by atoms with Crippen molar-refractivity contribution in [2.45, 2.75) is 51.9 Å². The molecule has 0 spiro atoms. The van der Waals surface area contributed by atoms with E-state index in [1.165, 1.54) is 18.7 Å². The summed E-state index contributed by atoms with van der Waals surface area (Å²) in [6.45, 7) is 9.04. The lowest BCUT2D eigenvalue weighted by atomic mass is 10.1. The Morgan fingerprint density at radius 1 is 1.06 bits per heavy atom. The summed E-state index contributed by atoms with van der Waals surface area (Å²) in [5.41, 5.74) is 1.28. The molecule has 0 amide bonds. The van der Waals surface area contributed by atoms with Gasteiger partial charge in [-0.2, -0.15) is 0 Å². The zero-order valence-electron chi connectivity index (χ0n) is 11.8. The third kappa shape index (κ3) is 3.56. The molecular weight excluding hydrogens is 222 g/mol. The molecule has 0 aliphatic carbocycles. The van der Waals surface area contributed by atoms with Crippen LogP contribution in [0.25, 0.3) is 0 Å². The smallest absolute Gasteiger partial charge is 0.0800 e. The van der Waals surface area contributed by atoms with E-state index >= 15 is 0 Å². The van der Waals surface area contributed by atoms with Crippen LogP contribution in [-0.2, 0) is 4.74 Å². The molecule has 1 fully saturated rings. The molecule has 0 saturated carbocycles. The van der Waals surface area contributed by atoms with Crippen LogP contribution < -0.4 is 0 Å². The van der Waals surface area contributed by atoms with Crippen LogP contribution >= 0.6 is 0 Å². The van der Waals surface area contributed by atoms with Gasteiger partial charge in [0.25, 0.3) is 0 Å². The minimum Gasteiger partial charge on any atom is -0.370 e. The van der Waals surface area contributed by atoms with E-state index in [0.717, 1.165) is 12.8 Å². The molecule has 2 nitrogen and oxygen atoms in total. The van der Waals surface area contributed by atoms with E-state index in [1.54, 1.807) is 0 Å². The molecule has 1 unspecified atom stereocenters. The van der Waals surface area contributed by atoms with Crippen LogP contribution in [0.15, 0.2) is 30.3 Å². The first-order chi connectivity index (χ1) is 8.66. The van der Waals surface area contributed by atoms with Gasteiger partial charge < -0.3 is 9.64 Å². The maximum atomic E-state index is 6.18. The zero-order valence-corrected chi connectivity index (χ0v) is 11.8. The number of rotatable bonds is 4. The van der Waals surface area contributed by atoms with Crippen LogP contribution in [0.4, 0.5) is 0 Å². The Morgan fingerprint density at radius 3 is 2.22 bits per heavy atom. The van der Waals surface area contributed by atoms with Gasteiger partial charge in [-0.05, 0) is 39.2 Å². The van der Waals surface area contributed by atoms with Crippen molar-refractivity contribution in [1.29, 1.82) is 0 Å². The summed E-state index contributed by atoms with van der Waals surface area (Å²) in [7, 11) is 0. The van der Waals surface area contributed by atoms with Crippen molar-refractivity contribution in [1.82, 2.24) is 4.90 Å².